The minimum absolute atomic E-state index is 0.0948. The Bertz CT molecular complexity index is 948. The molecular weight excluding hydrogens is 376 g/mol. The van der Waals surface area contributed by atoms with E-state index in [1.165, 1.54) is 11.3 Å². The number of hydrogen-bond donors (Lipinski definition) is 1. The number of ether oxygens (including phenoxy) is 1. The smallest absolute Gasteiger partial charge is 0.290 e. The highest BCUT2D eigenvalue weighted by Crippen LogP contribution is 2.43. The van der Waals surface area contributed by atoms with Crippen LogP contribution in [0.2, 0.25) is 0 Å². The van der Waals surface area contributed by atoms with Crippen molar-refractivity contribution in [2.24, 2.45) is 0 Å². The molecule has 1 amide bonds. The number of aryl methyl sites for hydroxylation is 2. The van der Waals surface area contributed by atoms with E-state index >= 15 is 0 Å². The molecule has 2 heterocycles. The number of nitrogens with zero attached hydrogens (tertiary/aromatic N) is 2. The molecule has 0 fully saturated rings. The molecule has 148 valence electrons. The molecule has 1 aliphatic rings. The number of hydrogen-bond acceptors (Lipinski definition) is 6. The molecule has 2 aromatic rings. The number of benzene rings is 1. The predicted octanol–water partition coefficient (Wildman–Crippen LogP) is 4.15. The lowest BCUT2D eigenvalue weighted by Gasteiger charge is -2.27. The molecule has 1 aliphatic heterocycles. The first-order valence-electron chi connectivity index (χ1n) is 9.26. The van der Waals surface area contributed by atoms with Crippen molar-refractivity contribution in [3.8, 4) is 5.75 Å². The van der Waals surface area contributed by atoms with Crippen LogP contribution in [0.3, 0.4) is 0 Å². The highest BCUT2D eigenvalue weighted by molar-refractivity contribution is 7.14. The van der Waals surface area contributed by atoms with Crippen LogP contribution in [0.4, 0.5) is 0 Å². The van der Waals surface area contributed by atoms with E-state index in [0.717, 1.165) is 17.8 Å². The maximum atomic E-state index is 13.4. The van der Waals surface area contributed by atoms with E-state index in [4.69, 9.17) is 4.74 Å². The van der Waals surface area contributed by atoms with Crippen LogP contribution in [0, 0.1) is 13.8 Å². The number of methoxy groups -OCH3 is 1. The lowest BCUT2D eigenvalue weighted by molar-refractivity contribution is -0.129. The number of unbranched alkanes of at least 4 members (excludes halogenated alkanes) is 1. The lowest BCUT2D eigenvalue weighted by Crippen LogP contribution is -2.32. The Labute approximate surface area is 168 Å². The minimum Gasteiger partial charge on any atom is -0.503 e. The van der Waals surface area contributed by atoms with Crippen molar-refractivity contribution < 1.29 is 19.4 Å². The summed E-state index contributed by atoms with van der Waals surface area (Å²) in [6.07, 6.45) is 1.66. The largest absolute Gasteiger partial charge is 0.503 e. The van der Waals surface area contributed by atoms with Gasteiger partial charge in [0.1, 0.15) is 5.75 Å². The summed E-state index contributed by atoms with van der Waals surface area (Å²) in [7, 11) is 1.55. The fourth-order valence-electron chi connectivity index (χ4n) is 3.52. The van der Waals surface area contributed by atoms with E-state index in [0.29, 0.717) is 28.4 Å². The third-order valence-electron chi connectivity index (χ3n) is 4.84. The van der Waals surface area contributed by atoms with Crippen LogP contribution in [0.5, 0.6) is 5.75 Å². The second kappa shape index (κ2) is 8.14. The third kappa shape index (κ3) is 3.42. The zero-order valence-electron chi connectivity index (χ0n) is 16.5. The normalized spacial score (nSPS) is 16.8. The molecule has 1 aromatic heterocycles. The van der Waals surface area contributed by atoms with Gasteiger partial charge in [0, 0.05) is 12.1 Å². The summed E-state index contributed by atoms with van der Waals surface area (Å²) in [5, 5.41) is 11.4. The van der Waals surface area contributed by atoms with Crippen molar-refractivity contribution >= 4 is 23.0 Å². The van der Waals surface area contributed by atoms with E-state index in [-0.39, 0.29) is 11.4 Å². The Kier molecular flexibility index (Phi) is 5.84. The van der Waals surface area contributed by atoms with Crippen molar-refractivity contribution in [2.75, 3.05) is 13.7 Å². The summed E-state index contributed by atoms with van der Waals surface area (Å²) >= 11 is 1.27. The summed E-state index contributed by atoms with van der Waals surface area (Å²) in [5.74, 6) is -0.795. The molecule has 0 spiro atoms. The Morgan fingerprint density at radius 1 is 1.32 bits per heavy atom. The molecular formula is C21H24N2O4S. The molecule has 1 unspecified atom stereocenters. The van der Waals surface area contributed by atoms with Gasteiger partial charge in [-0.25, -0.2) is 4.98 Å². The molecule has 0 aliphatic carbocycles. The van der Waals surface area contributed by atoms with Gasteiger partial charge in [0.15, 0.2) is 5.76 Å². The lowest BCUT2D eigenvalue weighted by atomic mass is 9.94. The maximum Gasteiger partial charge on any atom is 0.290 e. The average molecular weight is 401 g/mol. The maximum absolute atomic E-state index is 13.4. The van der Waals surface area contributed by atoms with Crippen LogP contribution in [-0.4, -0.2) is 40.3 Å². The number of Topliss-reactive ketones (excluding diaryl/α,β-unsaturated/α-hetero) is 1. The van der Waals surface area contributed by atoms with Gasteiger partial charge >= 0.3 is 0 Å². The quantitative estimate of drug-likeness (QED) is 0.707. The molecule has 1 aromatic carbocycles. The number of ketones is 1. The number of aliphatic hydroxyl groups excluding tert-OH is 1. The molecule has 0 saturated heterocycles. The van der Waals surface area contributed by atoms with Crippen LogP contribution in [0.15, 0.2) is 35.6 Å². The molecule has 1 atom stereocenters. The summed E-state index contributed by atoms with van der Waals surface area (Å²) in [6.45, 7) is 6.06. The van der Waals surface area contributed by atoms with Gasteiger partial charge in [0.25, 0.3) is 5.91 Å². The Hall–Kier alpha value is -2.67. The number of aromatic nitrogens is 1. The number of rotatable bonds is 7. The number of carbonyl (C=O) groups excluding carboxylic acids is 2. The first-order chi connectivity index (χ1) is 13.4. The highest BCUT2D eigenvalue weighted by atomic mass is 32.1. The number of aliphatic hydroxyl groups is 1. The van der Waals surface area contributed by atoms with Gasteiger partial charge in [0.2, 0.25) is 5.78 Å². The molecule has 1 N–H and O–H groups in total. The number of thiazole rings is 1. The summed E-state index contributed by atoms with van der Waals surface area (Å²) < 4.78 is 5.48. The predicted molar refractivity (Wildman–Crippen MR) is 108 cm³/mol. The van der Waals surface area contributed by atoms with Crippen LogP contribution in [0.25, 0.3) is 0 Å². The SMILES string of the molecule is CCCCN1C(=O)C(O)=C(C(=O)c2sc(C)nc2C)C1c1ccccc1OC. The molecule has 3 rings (SSSR count). The summed E-state index contributed by atoms with van der Waals surface area (Å²) in [5.41, 5.74) is 1.38. The first kappa shape index (κ1) is 20.1. The van der Waals surface area contributed by atoms with Gasteiger partial charge in [0.05, 0.1) is 34.3 Å². The van der Waals surface area contributed by atoms with E-state index in [9.17, 15) is 14.7 Å². The highest BCUT2D eigenvalue weighted by Gasteiger charge is 2.45. The Balaban J connectivity index is 2.15. The molecule has 0 saturated carbocycles. The van der Waals surface area contributed by atoms with Gasteiger partial charge in [-0.05, 0) is 26.3 Å². The van der Waals surface area contributed by atoms with E-state index < -0.39 is 17.7 Å². The topological polar surface area (TPSA) is 79.7 Å². The van der Waals surface area contributed by atoms with Gasteiger partial charge < -0.3 is 14.7 Å². The van der Waals surface area contributed by atoms with Crippen LogP contribution in [-0.2, 0) is 4.79 Å². The van der Waals surface area contributed by atoms with Crippen molar-refractivity contribution in [1.82, 2.24) is 9.88 Å². The minimum atomic E-state index is -0.690. The monoisotopic (exact) mass is 400 g/mol. The molecule has 0 radical (unpaired) electrons. The number of carbonyl (C=O) groups is 2. The van der Waals surface area contributed by atoms with Crippen molar-refractivity contribution in [3.05, 3.63) is 56.7 Å². The van der Waals surface area contributed by atoms with Crippen LogP contribution in [0.1, 0.15) is 51.7 Å². The fourth-order valence-corrected chi connectivity index (χ4v) is 4.40. The molecule has 7 heteroatoms. The molecule has 28 heavy (non-hydrogen) atoms. The first-order valence-corrected chi connectivity index (χ1v) is 10.1. The van der Waals surface area contributed by atoms with E-state index in [1.54, 1.807) is 25.0 Å². The zero-order chi connectivity index (χ0) is 20.4. The average Bonchev–Trinajstić information content (AvgIpc) is 3.15. The van der Waals surface area contributed by atoms with E-state index in [2.05, 4.69) is 4.98 Å². The van der Waals surface area contributed by atoms with Gasteiger partial charge in [-0.15, -0.1) is 11.3 Å². The van der Waals surface area contributed by atoms with Crippen LogP contribution >= 0.6 is 11.3 Å². The van der Waals surface area contributed by atoms with Gasteiger partial charge in [-0.3, -0.25) is 9.59 Å². The fraction of sp³-hybridized carbons (Fsp3) is 0.381. The number of para-hydroxylation sites is 1. The summed E-state index contributed by atoms with van der Waals surface area (Å²) in [6, 6.07) is 6.59. The Morgan fingerprint density at radius 2 is 2.04 bits per heavy atom. The van der Waals surface area contributed by atoms with Crippen molar-refractivity contribution in [3.63, 3.8) is 0 Å². The van der Waals surface area contributed by atoms with Crippen molar-refractivity contribution in [1.29, 1.82) is 0 Å². The van der Waals surface area contributed by atoms with Crippen molar-refractivity contribution in [2.45, 2.75) is 39.7 Å². The second-order valence-corrected chi connectivity index (χ2v) is 7.94. The standard InChI is InChI=1S/C21H24N2O4S/c1-5-6-11-23-17(14-9-7-8-10-15(14)27-4)16(19(25)21(23)26)18(24)20-12(2)22-13(3)28-20/h7-10,17,25H,5-6,11H2,1-4H3. The third-order valence-corrected chi connectivity index (χ3v) is 5.92. The molecule has 0 bridgehead atoms. The zero-order valence-corrected chi connectivity index (χ0v) is 17.3. The van der Waals surface area contributed by atoms with E-state index in [1.807, 2.05) is 32.0 Å². The summed E-state index contributed by atoms with van der Waals surface area (Å²) in [4.78, 5) is 32.5. The van der Waals surface area contributed by atoms with Gasteiger partial charge in [-0.2, -0.15) is 0 Å². The molecule has 6 nitrogen and oxygen atoms in total. The second-order valence-electron chi connectivity index (χ2n) is 6.74. The van der Waals surface area contributed by atoms with Crippen LogP contribution < -0.4 is 4.74 Å². The Morgan fingerprint density at radius 3 is 2.64 bits per heavy atom. The number of amides is 1. The van der Waals surface area contributed by atoms with Gasteiger partial charge in [-0.1, -0.05) is 31.5 Å².